The lowest BCUT2D eigenvalue weighted by Gasteiger charge is -2.14. The van der Waals surface area contributed by atoms with Gasteiger partial charge in [-0.2, -0.15) is 5.26 Å². The van der Waals surface area contributed by atoms with Gasteiger partial charge in [-0.15, -0.1) is 0 Å². The maximum absolute atomic E-state index is 9.35. The summed E-state index contributed by atoms with van der Waals surface area (Å²) >= 11 is 6.27. The van der Waals surface area contributed by atoms with Gasteiger partial charge in [0.25, 0.3) is 0 Å². The highest BCUT2D eigenvalue weighted by atomic mass is 35.5. The van der Waals surface area contributed by atoms with Gasteiger partial charge in [-0.25, -0.2) is 9.97 Å². The summed E-state index contributed by atoms with van der Waals surface area (Å²) in [7, 11) is 0. The van der Waals surface area contributed by atoms with Gasteiger partial charge in [-0.3, -0.25) is 0 Å². The molecule has 5 aromatic rings. The highest BCUT2D eigenvalue weighted by Crippen LogP contribution is 2.34. The minimum absolute atomic E-state index is 0.531. The van der Waals surface area contributed by atoms with Crippen LogP contribution in [-0.4, -0.2) is 9.97 Å². The first-order valence-corrected chi connectivity index (χ1v) is 11.3. The number of rotatable bonds is 4. The van der Waals surface area contributed by atoms with Crippen molar-refractivity contribution < 1.29 is 0 Å². The van der Waals surface area contributed by atoms with Gasteiger partial charge in [0.15, 0.2) is 5.82 Å². The number of benzene rings is 4. The molecule has 5 rings (SSSR count). The molecule has 4 heteroatoms. The van der Waals surface area contributed by atoms with Crippen LogP contribution in [0.25, 0.3) is 45.0 Å². The van der Waals surface area contributed by atoms with E-state index < -0.39 is 0 Å². The molecule has 0 amide bonds. The third-order valence-electron chi connectivity index (χ3n) is 5.72. The summed E-state index contributed by atoms with van der Waals surface area (Å²) in [5.41, 5.74) is 8.17. The Morgan fingerprint density at radius 1 is 0.618 bits per heavy atom. The Balaban J connectivity index is 1.71. The second kappa shape index (κ2) is 9.31. The number of nitrogens with zero attached hydrogens (tertiary/aromatic N) is 3. The third kappa shape index (κ3) is 4.32. The molecule has 0 atom stereocenters. The zero-order valence-electron chi connectivity index (χ0n) is 18.5. The van der Waals surface area contributed by atoms with Gasteiger partial charge in [-0.05, 0) is 42.3 Å². The number of nitriles is 1. The lowest BCUT2D eigenvalue weighted by molar-refractivity contribution is 1.15. The predicted molar refractivity (Wildman–Crippen MR) is 138 cm³/mol. The van der Waals surface area contributed by atoms with Crippen molar-refractivity contribution >= 4 is 11.6 Å². The van der Waals surface area contributed by atoms with Gasteiger partial charge in [0.2, 0.25) is 0 Å². The van der Waals surface area contributed by atoms with Crippen LogP contribution in [-0.2, 0) is 0 Å². The summed E-state index contributed by atoms with van der Waals surface area (Å²) in [5.74, 6) is 0.681. The molecule has 162 valence electrons. The number of hydrogen-bond acceptors (Lipinski definition) is 3. The molecule has 0 saturated heterocycles. The zero-order valence-corrected chi connectivity index (χ0v) is 19.3. The highest BCUT2D eigenvalue weighted by molar-refractivity contribution is 6.31. The van der Waals surface area contributed by atoms with Crippen molar-refractivity contribution in [1.29, 1.82) is 5.26 Å². The SMILES string of the molecule is Cc1c(-c2ccccc2)nc(-c2ccccc2)nc1-c1cccc(-c2cc(Cl)cc(C#N)c2)c1. The lowest BCUT2D eigenvalue weighted by atomic mass is 9.97. The second-order valence-corrected chi connectivity index (χ2v) is 8.46. The molecule has 0 radical (unpaired) electrons. The Bertz CT molecular complexity index is 1520. The van der Waals surface area contributed by atoms with Crippen LogP contribution in [0.2, 0.25) is 5.02 Å². The number of aromatic nitrogens is 2. The molecule has 4 aromatic carbocycles. The number of halogens is 1. The molecule has 0 spiro atoms. The van der Waals surface area contributed by atoms with E-state index in [0.717, 1.165) is 44.8 Å². The van der Waals surface area contributed by atoms with Gasteiger partial charge in [0.05, 0.1) is 23.0 Å². The maximum atomic E-state index is 9.35. The van der Waals surface area contributed by atoms with Crippen molar-refractivity contribution in [2.24, 2.45) is 0 Å². The zero-order chi connectivity index (χ0) is 23.5. The van der Waals surface area contributed by atoms with E-state index in [1.165, 1.54) is 0 Å². The molecule has 0 aliphatic rings. The maximum Gasteiger partial charge on any atom is 0.160 e. The Labute approximate surface area is 204 Å². The molecule has 1 aromatic heterocycles. The topological polar surface area (TPSA) is 49.6 Å². The molecular formula is C30H20ClN3. The summed E-state index contributed by atoms with van der Waals surface area (Å²) in [6, 6.07) is 35.9. The standard InChI is InChI=1S/C30H20ClN3/c1-20-28(22-9-4-2-5-10-22)33-30(23-11-6-3-7-12-23)34-29(20)25-14-8-13-24(17-25)26-15-21(19-32)16-27(31)18-26/h2-18H,1H3. The van der Waals surface area contributed by atoms with Crippen LogP contribution in [0.1, 0.15) is 11.1 Å². The van der Waals surface area contributed by atoms with Crippen molar-refractivity contribution in [3.05, 3.63) is 119 Å². The monoisotopic (exact) mass is 457 g/mol. The minimum Gasteiger partial charge on any atom is -0.228 e. The summed E-state index contributed by atoms with van der Waals surface area (Å²) in [5, 5.41) is 9.89. The molecular weight excluding hydrogens is 438 g/mol. The first-order valence-electron chi connectivity index (χ1n) is 10.9. The summed E-state index contributed by atoms with van der Waals surface area (Å²) in [6.07, 6.45) is 0. The largest absolute Gasteiger partial charge is 0.228 e. The van der Waals surface area contributed by atoms with Crippen LogP contribution in [0, 0.1) is 18.3 Å². The van der Waals surface area contributed by atoms with Crippen molar-refractivity contribution in [2.45, 2.75) is 6.92 Å². The smallest absolute Gasteiger partial charge is 0.160 e. The van der Waals surface area contributed by atoms with Gasteiger partial charge >= 0.3 is 0 Å². The van der Waals surface area contributed by atoms with E-state index in [2.05, 4.69) is 37.3 Å². The Kier molecular flexibility index (Phi) is 5.91. The summed E-state index contributed by atoms with van der Waals surface area (Å²) in [4.78, 5) is 9.94. The molecule has 0 aliphatic carbocycles. The molecule has 0 N–H and O–H groups in total. The van der Waals surface area contributed by atoms with E-state index in [1.807, 2.05) is 72.8 Å². The van der Waals surface area contributed by atoms with Crippen LogP contribution < -0.4 is 0 Å². The van der Waals surface area contributed by atoms with Gasteiger partial charge < -0.3 is 0 Å². The second-order valence-electron chi connectivity index (χ2n) is 8.02. The molecule has 0 bridgehead atoms. The fourth-order valence-corrected chi connectivity index (χ4v) is 4.29. The van der Waals surface area contributed by atoms with E-state index in [0.29, 0.717) is 16.4 Å². The van der Waals surface area contributed by atoms with Crippen LogP contribution in [0.3, 0.4) is 0 Å². The van der Waals surface area contributed by atoms with Crippen molar-refractivity contribution in [3.8, 4) is 51.1 Å². The normalized spacial score (nSPS) is 10.6. The molecule has 0 fully saturated rings. The van der Waals surface area contributed by atoms with Gasteiger partial charge in [0.1, 0.15) is 0 Å². The average molecular weight is 458 g/mol. The quantitative estimate of drug-likeness (QED) is 0.275. The van der Waals surface area contributed by atoms with E-state index in [-0.39, 0.29) is 0 Å². The Hall–Kier alpha value is -4.26. The average Bonchev–Trinajstić information content (AvgIpc) is 2.89. The molecule has 3 nitrogen and oxygen atoms in total. The Morgan fingerprint density at radius 3 is 1.88 bits per heavy atom. The van der Waals surface area contributed by atoms with Crippen molar-refractivity contribution in [3.63, 3.8) is 0 Å². The molecule has 0 saturated carbocycles. The van der Waals surface area contributed by atoms with Crippen LogP contribution >= 0.6 is 11.6 Å². The Morgan fingerprint density at radius 2 is 1.21 bits per heavy atom. The summed E-state index contributed by atoms with van der Waals surface area (Å²) < 4.78 is 0. The van der Waals surface area contributed by atoms with Crippen molar-refractivity contribution in [1.82, 2.24) is 9.97 Å². The lowest BCUT2D eigenvalue weighted by Crippen LogP contribution is -2.00. The summed E-state index contributed by atoms with van der Waals surface area (Å²) in [6.45, 7) is 2.06. The van der Waals surface area contributed by atoms with Crippen LogP contribution in [0.4, 0.5) is 0 Å². The molecule has 0 unspecified atom stereocenters. The minimum atomic E-state index is 0.531. The highest BCUT2D eigenvalue weighted by Gasteiger charge is 2.16. The van der Waals surface area contributed by atoms with Gasteiger partial charge in [-0.1, -0.05) is 90.5 Å². The third-order valence-corrected chi connectivity index (χ3v) is 5.94. The van der Waals surface area contributed by atoms with E-state index in [1.54, 1.807) is 6.07 Å². The van der Waals surface area contributed by atoms with Crippen LogP contribution in [0.5, 0.6) is 0 Å². The van der Waals surface area contributed by atoms with Crippen molar-refractivity contribution in [2.75, 3.05) is 0 Å². The fourth-order valence-electron chi connectivity index (χ4n) is 4.06. The van der Waals surface area contributed by atoms with E-state index in [4.69, 9.17) is 21.6 Å². The van der Waals surface area contributed by atoms with Gasteiger partial charge in [0, 0.05) is 27.3 Å². The fraction of sp³-hybridized carbons (Fsp3) is 0.0333. The van der Waals surface area contributed by atoms with E-state index in [9.17, 15) is 5.26 Å². The number of hydrogen-bond donors (Lipinski definition) is 0. The molecule has 1 heterocycles. The van der Waals surface area contributed by atoms with Crippen LogP contribution in [0.15, 0.2) is 103 Å². The first kappa shape index (κ1) is 21.6. The molecule has 34 heavy (non-hydrogen) atoms. The predicted octanol–water partition coefficient (Wildman–Crippen LogP) is 7.98. The molecule has 0 aliphatic heterocycles. The van der Waals surface area contributed by atoms with E-state index >= 15 is 0 Å². The first-order chi connectivity index (χ1) is 16.6.